The van der Waals surface area contributed by atoms with Crippen LogP contribution in [0.15, 0.2) is 24.3 Å². The highest BCUT2D eigenvalue weighted by molar-refractivity contribution is 6.33. The summed E-state index contributed by atoms with van der Waals surface area (Å²) in [5, 5.41) is 11.2. The summed E-state index contributed by atoms with van der Waals surface area (Å²) in [5.41, 5.74) is 1.13. The molecule has 1 aromatic carbocycles. The summed E-state index contributed by atoms with van der Waals surface area (Å²) in [6.07, 6.45) is 0. The van der Waals surface area contributed by atoms with Crippen LogP contribution in [0.25, 0.3) is 22.6 Å². The molecule has 0 spiro atoms. The Balaban J connectivity index is 0.00000289. The molecular weight excluding hydrogens is 451 g/mol. The summed E-state index contributed by atoms with van der Waals surface area (Å²) < 4.78 is 1.92. The average Bonchev–Trinajstić information content (AvgIpc) is 3.04. The number of aromatic nitrogens is 4. The van der Waals surface area contributed by atoms with Crippen molar-refractivity contribution in [2.24, 2.45) is 0 Å². The summed E-state index contributed by atoms with van der Waals surface area (Å²) >= 11 is 6.50. The van der Waals surface area contributed by atoms with Gasteiger partial charge in [-0.3, -0.25) is 4.79 Å². The van der Waals surface area contributed by atoms with Crippen LogP contribution in [0, 0.1) is 6.92 Å². The van der Waals surface area contributed by atoms with Crippen molar-refractivity contribution in [2.75, 3.05) is 31.1 Å². The number of piperazine rings is 1. The van der Waals surface area contributed by atoms with E-state index in [1.807, 2.05) is 40.7 Å². The third-order valence-electron chi connectivity index (χ3n) is 5.37. The second kappa shape index (κ2) is 9.21. The minimum atomic E-state index is -0.976. The van der Waals surface area contributed by atoms with Gasteiger partial charge in [0.25, 0.3) is 0 Å². The molecule has 0 bridgehead atoms. The number of hydrogen-bond donors (Lipinski definition) is 1. The number of anilines is 1. The molecule has 1 aliphatic heterocycles. The Hall–Kier alpha value is -2.42. The van der Waals surface area contributed by atoms with E-state index in [2.05, 4.69) is 9.88 Å². The molecule has 0 unspecified atom stereocenters. The summed E-state index contributed by atoms with van der Waals surface area (Å²) in [5.74, 6) is 2.10. The van der Waals surface area contributed by atoms with Crippen molar-refractivity contribution in [3.05, 3.63) is 35.1 Å². The van der Waals surface area contributed by atoms with E-state index >= 15 is 0 Å². The second-order valence-electron chi connectivity index (χ2n) is 8.57. The highest BCUT2D eigenvalue weighted by Gasteiger charge is 2.27. The van der Waals surface area contributed by atoms with Crippen molar-refractivity contribution >= 4 is 46.9 Å². The maximum Gasteiger partial charge on any atom is 0.219 e. The number of aryl methyl sites for hydroxylation is 1. The first kappa shape index (κ1) is 24.2. The molecule has 3 heterocycles. The zero-order valence-electron chi connectivity index (χ0n) is 18.7. The fraction of sp³-hybridized carbons (Fsp3) is 0.455. The van der Waals surface area contributed by atoms with Gasteiger partial charge in [-0.25, -0.2) is 15.0 Å². The van der Waals surface area contributed by atoms with Crippen molar-refractivity contribution < 1.29 is 9.90 Å². The number of nitrogens with zero attached hydrogens (tertiary/aromatic N) is 6. The predicted octanol–water partition coefficient (Wildman–Crippen LogP) is 3.32. The number of fused-ring (bicyclic) bond motifs is 1. The molecule has 4 rings (SSSR count). The molecule has 0 radical (unpaired) electrons. The van der Waals surface area contributed by atoms with E-state index in [0.29, 0.717) is 60.6 Å². The van der Waals surface area contributed by atoms with Crippen LogP contribution in [-0.4, -0.2) is 67.2 Å². The van der Waals surface area contributed by atoms with Crippen LogP contribution in [0.5, 0.6) is 0 Å². The Kier molecular flexibility index (Phi) is 6.97. The molecule has 10 heteroatoms. The van der Waals surface area contributed by atoms with Crippen molar-refractivity contribution in [2.45, 2.75) is 39.8 Å². The molecule has 0 saturated carbocycles. The van der Waals surface area contributed by atoms with Gasteiger partial charge in [-0.1, -0.05) is 23.7 Å². The number of rotatable bonds is 4. The SMILES string of the molecule is CC(=O)N1CCN(c2nc(C)nc3c2nc(-c2ccccc2Cl)n3CC(C)(C)O)CC1.Cl. The Labute approximate surface area is 198 Å². The first-order valence-electron chi connectivity index (χ1n) is 10.4. The number of hydrogen-bond acceptors (Lipinski definition) is 6. The van der Waals surface area contributed by atoms with E-state index in [0.717, 1.165) is 11.4 Å². The minimum absolute atomic E-state index is 0. The van der Waals surface area contributed by atoms with Gasteiger partial charge in [0.15, 0.2) is 17.0 Å². The molecule has 1 amide bonds. The molecular formula is C22H28Cl2N6O2. The van der Waals surface area contributed by atoms with Crippen LogP contribution in [0.1, 0.15) is 26.6 Å². The molecule has 2 aromatic heterocycles. The number of imidazole rings is 1. The van der Waals surface area contributed by atoms with Crippen LogP contribution >= 0.6 is 24.0 Å². The number of aliphatic hydroxyl groups is 1. The Morgan fingerprint density at radius 3 is 2.38 bits per heavy atom. The molecule has 8 nitrogen and oxygen atoms in total. The Morgan fingerprint density at radius 1 is 1.12 bits per heavy atom. The molecule has 0 aliphatic carbocycles. The van der Waals surface area contributed by atoms with Crippen LogP contribution in [0.3, 0.4) is 0 Å². The summed E-state index contributed by atoms with van der Waals surface area (Å²) in [7, 11) is 0. The van der Waals surface area contributed by atoms with E-state index in [1.165, 1.54) is 0 Å². The molecule has 1 fully saturated rings. The molecule has 1 aliphatic rings. The van der Waals surface area contributed by atoms with E-state index in [9.17, 15) is 9.90 Å². The van der Waals surface area contributed by atoms with Gasteiger partial charge in [0.05, 0.1) is 17.2 Å². The number of halogens is 2. The van der Waals surface area contributed by atoms with Crippen molar-refractivity contribution in [3.8, 4) is 11.4 Å². The lowest BCUT2D eigenvalue weighted by Crippen LogP contribution is -2.48. The zero-order valence-corrected chi connectivity index (χ0v) is 20.2. The molecule has 3 aromatic rings. The van der Waals surface area contributed by atoms with Crippen molar-refractivity contribution in [3.63, 3.8) is 0 Å². The van der Waals surface area contributed by atoms with Gasteiger partial charge in [0.1, 0.15) is 11.6 Å². The average molecular weight is 479 g/mol. The van der Waals surface area contributed by atoms with Gasteiger partial charge >= 0.3 is 0 Å². The van der Waals surface area contributed by atoms with Gasteiger partial charge in [-0.05, 0) is 32.9 Å². The van der Waals surface area contributed by atoms with Crippen LogP contribution in [-0.2, 0) is 11.3 Å². The number of carbonyl (C=O) groups excluding carboxylic acids is 1. The van der Waals surface area contributed by atoms with E-state index in [4.69, 9.17) is 21.6 Å². The number of amides is 1. The molecule has 1 N–H and O–H groups in total. The van der Waals surface area contributed by atoms with Gasteiger partial charge < -0.3 is 19.5 Å². The highest BCUT2D eigenvalue weighted by atomic mass is 35.5. The van der Waals surface area contributed by atoms with Gasteiger partial charge in [-0.2, -0.15) is 0 Å². The van der Waals surface area contributed by atoms with Crippen LogP contribution in [0.2, 0.25) is 5.02 Å². The largest absolute Gasteiger partial charge is 0.389 e. The van der Waals surface area contributed by atoms with E-state index < -0.39 is 5.60 Å². The first-order chi connectivity index (χ1) is 14.6. The lowest BCUT2D eigenvalue weighted by atomic mass is 10.1. The molecule has 172 valence electrons. The summed E-state index contributed by atoms with van der Waals surface area (Å²) in [6.45, 7) is 9.88. The normalized spacial score (nSPS) is 14.6. The molecule has 1 saturated heterocycles. The summed E-state index contributed by atoms with van der Waals surface area (Å²) in [4.78, 5) is 30.0. The fourth-order valence-electron chi connectivity index (χ4n) is 3.93. The van der Waals surface area contributed by atoms with Gasteiger partial charge in [0.2, 0.25) is 5.91 Å². The summed E-state index contributed by atoms with van der Waals surface area (Å²) in [6, 6.07) is 7.52. The van der Waals surface area contributed by atoms with Crippen molar-refractivity contribution in [1.82, 2.24) is 24.4 Å². The maximum absolute atomic E-state index is 11.7. The monoisotopic (exact) mass is 478 g/mol. The Morgan fingerprint density at radius 2 is 1.78 bits per heavy atom. The van der Waals surface area contributed by atoms with E-state index in [-0.39, 0.29) is 18.3 Å². The topological polar surface area (TPSA) is 87.4 Å². The van der Waals surface area contributed by atoms with Crippen LogP contribution < -0.4 is 4.90 Å². The molecule has 0 atom stereocenters. The smallest absolute Gasteiger partial charge is 0.219 e. The zero-order chi connectivity index (χ0) is 22.3. The van der Waals surface area contributed by atoms with Gasteiger partial charge in [0, 0.05) is 38.7 Å². The number of carbonyl (C=O) groups is 1. The third kappa shape index (κ3) is 4.82. The molecule has 32 heavy (non-hydrogen) atoms. The quantitative estimate of drug-likeness (QED) is 0.618. The van der Waals surface area contributed by atoms with Gasteiger partial charge in [-0.15, -0.1) is 12.4 Å². The fourth-order valence-corrected chi connectivity index (χ4v) is 4.15. The number of benzene rings is 1. The lowest BCUT2D eigenvalue weighted by Gasteiger charge is -2.35. The van der Waals surface area contributed by atoms with Crippen molar-refractivity contribution in [1.29, 1.82) is 0 Å². The second-order valence-corrected chi connectivity index (χ2v) is 8.98. The van der Waals surface area contributed by atoms with E-state index in [1.54, 1.807) is 20.8 Å². The minimum Gasteiger partial charge on any atom is -0.389 e. The predicted molar refractivity (Wildman–Crippen MR) is 129 cm³/mol. The first-order valence-corrected chi connectivity index (χ1v) is 10.7. The van der Waals surface area contributed by atoms with Crippen LogP contribution in [0.4, 0.5) is 5.82 Å². The lowest BCUT2D eigenvalue weighted by molar-refractivity contribution is -0.129. The maximum atomic E-state index is 11.7. The third-order valence-corrected chi connectivity index (χ3v) is 5.70. The standard InChI is InChI=1S/C22H27ClN6O2.ClH/c1-14-24-20(28-11-9-27(10-12-28)15(2)30)18-21(25-14)29(13-22(3,4)31)19(26-18)16-7-5-6-8-17(16)23;/h5-8,31H,9-13H2,1-4H3;1H. The Bertz CT molecular complexity index is 1130. The highest BCUT2D eigenvalue weighted by Crippen LogP contribution is 2.33.